The van der Waals surface area contributed by atoms with E-state index in [0.717, 1.165) is 22.3 Å². The number of anilines is 1. The van der Waals surface area contributed by atoms with Crippen LogP contribution in [-0.4, -0.2) is 35.0 Å². The van der Waals surface area contributed by atoms with E-state index in [1.807, 2.05) is 18.4 Å². The monoisotopic (exact) mass is 282 g/mol. The van der Waals surface area contributed by atoms with Crippen LogP contribution in [0.15, 0.2) is 6.33 Å². The van der Waals surface area contributed by atoms with Gasteiger partial charge in [-0.25, -0.2) is 18.4 Å². The van der Waals surface area contributed by atoms with Crippen molar-refractivity contribution in [1.29, 1.82) is 0 Å². The van der Waals surface area contributed by atoms with Crippen molar-refractivity contribution in [3.63, 3.8) is 0 Å². The van der Waals surface area contributed by atoms with Gasteiger partial charge in [0.05, 0.1) is 11.1 Å². The Hall–Kier alpha value is -1.63. The molecule has 0 saturated carbocycles. The summed E-state index contributed by atoms with van der Waals surface area (Å²) in [6.07, 6.45) is 3.25. The van der Waals surface area contributed by atoms with Crippen molar-refractivity contribution in [2.24, 2.45) is 0 Å². The van der Waals surface area contributed by atoms with Crippen molar-refractivity contribution in [3.05, 3.63) is 17.6 Å². The van der Waals surface area contributed by atoms with Crippen LogP contribution in [0.1, 0.15) is 17.7 Å². The number of aromatic nitrogens is 3. The molecule has 7 heteroatoms. The largest absolute Gasteiger partial charge is 0.383 e. The molecule has 0 unspecified atom stereocenters. The van der Waals surface area contributed by atoms with Crippen LogP contribution in [0.2, 0.25) is 0 Å². The molecule has 2 heterocycles. The molecule has 2 aromatic heterocycles. The van der Waals surface area contributed by atoms with E-state index < -0.39 is 9.84 Å². The standard InChI is InChI=1S/C12H18N4O2S/c1-8-9(2)16(5-4-6-19(3,17)18)12-10(8)11(13)14-7-15-12/h7H,4-6H2,1-3H3,(H2,13,14,15). The lowest BCUT2D eigenvalue weighted by Crippen LogP contribution is -2.09. The predicted octanol–water partition coefficient (Wildman–Crippen LogP) is 1.07. The minimum absolute atomic E-state index is 0.172. The van der Waals surface area contributed by atoms with E-state index in [9.17, 15) is 8.42 Å². The quantitative estimate of drug-likeness (QED) is 0.905. The summed E-state index contributed by atoms with van der Waals surface area (Å²) >= 11 is 0. The van der Waals surface area contributed by atoms with Gasteiger partial charge in [0.2, 0.25) is 0 Å². The number of nitrogen functional groups attached to an aromatic ring is 1. The summed E-state index contributed by atoms with van der Waals surface area (Å²) < 4.78 is 24.4. The fourth-order valence-corrected chi connectivity index (χ4v) is 2.91. The van der Waals surface area contributed by atoms with Crippen LogP contribution in [0.25, 0.3) is 11.0 Å². The fraction of sp³-hybridized carbons (Fsp3) is 0.500. The van der Waals surface area contributed by atoms with Gasteiger partial charge in [0.25, 0.3) is 0 Å². The molecule has 6 nitrogen and oxygen atoms in total. The maximum absolute atomic E-state index is 11.2. The molecule has 2 aromatic rings. The van der Waals surface area contributed by atoms with Gasteiger partial charge < -0.3 is 10.3 Å². The Labute approximate surface area is 112 Å². The molecular formula is C12H18N4O2S. The van der Waals surface area contributed by atoms with Crippen molar-refractivity contribution >= 4 is 26.7 Å². The molecule has 0 amide bonds. The number of aryl methyl sites for hydroxylation is 2. The van der Waals surface area contributed by atoms with Crippen LogP contribution >= 0.6 is 0 Å². The fourth-order valence-electron chi connectivity index (χ4n) is 2.25. The summed E-state index contributed by atoms with van der Waals surface area (Å²) in [4.78, 5) is 8.26. The predicted molar refractivity (Wildman–Crippen MR) is 75.7 cm³/mol. The average molecular weight is 282 g/mol. The molecule has 0 saturated heterocycles. The van der Waals surface area contributed by atoms with Crippen LogP contribution in [0.4, 0.5) is 5.82 Å². The number of hydrogen-bond donors (Lipinski definition) is 1. The van der Waals surface area contributed by atoms with Crippen LogP contribution in [-0.2, 0) is 16.4 Å². The Morgan fingerprint density at radius 2 is 2.00 bits per heavy atom. The number of fused-ring (bicyclic) bond motifs is 1. The average Bonchev–Trinajstić information content (AvgIpc) is 2.54. The van der Waals surface area contributed by atoms with E-state index in [0.29, 0.717) is 18.8 Å². The normalized spacial score (nSPS) is 12.2. The highest BCUT2D eigenvalue weighted by Gasteiger charge is 2.15. The first-order valence-electron chi connectivity index (χ1n) is 6.05. The van der Waals surface area contributed by atoms with Gasteiger partial charge >= 0.3 is 0 Å². The number of sulfone groups is 1. The lowest BCUT2D eigenvalue weighted by molar-refractivity contribution is 0.592. The van der Waals surface area contributed by atoms with Gasteiger partial charge in [-0.05, 0) is 25.8 Å². The summed E-state index contributed by atoms with van der Waals surface area (Å²) in [6.45, 7) is 4.57. The van der Waals surface area contributed by atoms with E-state index in [1.54, 1.807) is 0 Å². The van der Waals surface area contributed by atoms with E-state index in [4.69, 9.17) is 5.73 Å². The highest BCUT2D eigenvalue weighted by molar-refractivity contribution is 7.90. The van der Waals surface area contributed by atoms with Crippen molar-refractivity contribution in [2.75, 3.05) is 17.7 Å². The minimum Gasteiger partial charge on any atom is -0.383 e. The highest BCUT2D eigenvalue weighted by Crippen LogP contribution is 2.26. The summed E-state index contributed by atoms with van der Waals surface area (Å²) in [5.41, 5.74) is 8.75. The molecule has 0 bridgehead atoms. The Morgan fingerprint density at radius 3 is 2.63 bits per heavy atom. The van der Waals surface area contributed by atoms with E-state index in [-0.39, 0.29) is 5.75 Å². The van der Waals surface area contributed by atoms with Crippen molar-refractivity contribution in [1.82, 2.24) is 14.5 Å². The zero-order chi connectivity index (χ0) is 14.2. The topological polar surface area (TPSA) is 90.9 Å². The smallest absolute Gasteiger partial charge is 0.147 e. The van der Waals surface area contributed by atoms with Gasteiger partial charge in [-0.1, -0.05) is 0 Å². The van der Waals surface area contributed by atoms with Crippen LogP contribution in [0.3, 0.4) is 0 Å². The van der Waals surface area contributed by atoms with E-state index in [1.165, 1.54) is 12.6 Å². The number of rotatable bonds is 4. The summed E-state index contributed by atoms with van der Waals surface area (Å²) in [7, 11) is -2.93. The molecule has 0 aliphatic heterocycles. The lowest BCUT2D eigenvalue weighted by Gasteiger charge is -2.07. The van der Waals surface area contributed by atoms with E-state index >= 15 is 0 Å². The lowest BCUT2D eigenvalue weighted by atomic mass is 10.2. The molecule has 0 atom stereocenters. The van der Waals surface area contributed by atoms with Crippen LogP contribution in [0.5, 0.6) is 0 Å². The molecule has 0 fully saturated rings. The third-order valence-electron chi connectivity index (χ3n) is 3.33. The number of nitrogens with zero attached hydrogens (tertiary/aromatic N) is 3. The molecule has 0 aliphatic rings. The maximum atomic E-state index is 11.2. The maximum Gasteiger partial charge on any atom is 0.147 e. The molecule has 0 aliphatic carbocycles. The zero-order valence-corrected chi connectivity index (χ0v) is 12.2. The zero-order valence-electron chi connectivity index (χ0n) is 11.3. The van der Waals surface area contributed by atoms with Crippen LogP contribution in [0, 0.1) is 13.8 Å². The Bertz CT molecular complexity index is 719. The Morgan fingerprint density at radius 1 is 1.32 bits per heavy atom. The van der Waals surface area contributed by atoms with Crippen molar-refractivity contribution < 1.29 is 8.42 Å². The molecule has 104 valence electrons. The molecular weight excluding hydrogens is 264 g/mol. The molecule has 0 radical (unpaired) electrons. The molecule has 0 aromatic carbocycles. The van der Waals surface area contributed by atoms with Gasteiger partial charge in [0.1, 0.15) is 27.6 Å². The summed E-state index contributed by atoms with van der Waals surface area (Å²) in [5, 5.41) is 0.861. The SMILES string of the molecule is Cc1c(C)n(CCCS(C)(=O)=O)c2ncnc(N)c12. The Balaban J connectivity index is 2.38. The second-order valence-electron chi connectivity index (χ2n) is 4.80. The molecule has 2 rings (SSSR count). The van der Waals surface area contributed by atoms with Gasteiger partial charge in [-0.3, -0.25) is 0 Å². The van der Waals surface area contributed by atoms with Crippen molar-refractivity contribution in [2.45, 2.75) is 26.8 Å². The van der Waals surface area contributed by atoms with Gasteiger partial charge in [0, 0.05) is 18.5 Å². The van der Waals surface area contributed by atoms with Gasteiger partial charge in [0.15, 0.2) is 0 Å². The second-order valence-corrected chi connectivity index (χ2v) is 7.06. The Kier molecular flexibility index (Phi) is 3.49. The number of hydrogen-bond acceptors (Lipinski definition) is 5. The first-order valence-corrected chi connectivity index (χ1v) is 8.11. The second kappa shape index (κ2) is 4.80. The van der Waals surface area contributed by atoms with E-state index in [2.05, 4.69) is 9.97 Å². The van der Waals surface area contributed by atoms with Crippen molar-refractivity contribution in [3.8, 4) is 0 Å². The van der Waals surface area contributed by atoms with Crippen LogP contribution < -0.4 is 5.73 Å². The molecule has 0 spiro atoms. The van der Waals surface area contributed by atoms with Gasteiger partial charge in [-0.15, -0.1) is 0 Å². The first-order chi connectivity index (χ1) is 8.81. The van der Waals surface area contributed by atoms with Gasteiger partial charge in [-0.2, -0.15) is 0 Å². The summed E-state index contributed by atoms with van der Waals surface area (Å²) in [5.74, 6) is 0.638. The molecule has 19 heavy (non-hydrogen) atoms. The third-order valence-corrected chi connectivity index (χ3v) is 4.36. The minimum atomic E-state index is -2.93. The molecule has 2 N–H and O–H groups in total. The summed E-state index contributed by atoms with van der Waals surface area (Å²) in [6, 6.07) is 0. The third kappa shape index (κ3) is 2.70. The first kappa shape index (κ1) is 13.8. The highest BCUT2D eigenvalue weighted by atomic mass is 32.2. The number of nitrogens with two attached hydrogens (primary N) is 1.